The predicted molar refractivity (Wildman–Crippen MR) is 101 cm³/mol. The van der Waals surface area contributed by atoms with Gasteiger partial charge >= 0.3 is 5.88 Å². The molecule has 0 atom stereocenters. The molecular formula is C18H17N3O4S. The van der Waals surface area contributed by atoms with Gasteiger partial charge in [-0.05, 0) is 55.8 Å². The molecule has 0 spiro atoms. The zero-order valence-corrected chi connectivity index (χ0v) is 15.4. The number of aryl methyl sites for hydroxylation is 2. The summed E-state index contributed by atoms with van der Waals surface area (Å²) in [7, 11) is 0. The average Bonchev–Trinajstić information content (AvgIpc) is 3.17. The number of carbonyl (C=O) groups is 1. The number of benzene rings is 1. The highest BCUT2D eigenvalue weighted by molar-refractivity contribution is 8.18. The Morgan fingerprint density at radius 1 is 1.31 bits per heavy atom. The molecule has 1 aliphatic heterocycles. The van der Waals surface area contributed by atoms with Crippen LogP contribution in [0, 0.1) is 24.0 Å². The highest BCUT2D eigenvalue weighted by atomic mass is 32.2. The van der Waals surface area contributed by atoms with Crippen LogP contribution in [0.1, 0.15) is 23.8 Å². The van der Waals surface area contributed by atoms with E-state index in [0.717, 1.165) is 16.8 Å². The number of hydrogen-bond donors (Lipinski definition) is 0. The Balaban J connectivity index is 1.95. The van der Waals surface area contributed by atoms with Crippen molar-refractivity contribution in [2.45, 2.75) is 20.8 Å². The molecule has 0 saturated carbocycles. The molecule has 0 aliphatic carbocycles. The SMILES string of the molecule is CCN1C(=O)/C(=C\c2ccc([N+](=O)[O-])o2)SC1=Nc1cc(C)ccc1C. The first-order valence-corrected chi connectivity index (χ1v) is 8.82. The minimum atomic E-state index is -0.614. The second-order valence-electron chi connectivity index (χ2n) is 5.78. The molecule has 1 fully saturated rings. The van der Waals surface area contributed by atoms with E-state index in [1.807, 2.05) is 39.0 Å². The van der Waals surface area contributed by atoms with Crippen molar-refractivity contribution in [1.82, 2.24) is 4.90 Å². The van der Waals surface area contributed by atoms with Crippen molar-refractivity contribution in [1.29, 1.82) is 0 Å². The van der Waals surface area contributed by atoms with Gasteiger partial charge in [-0.15, -0.1) is 0 Å². The smallest absolute Gasteiger partial charge is 0.401 e. The second kappa shape index (κ2) is 7.17. The number of thioether (sulfide) groups is 1. The number of furan rings is 1. The summed E-state index contributed by atoms with van der Waals surface area (Å²) in [5.41, 5.74) is 2.92. The third-order valence-corrected chi connectivity index (χ3v) is 4.86. The Labute approximate surface area is 154 Å². The summed E-state index contributed by atoms with van der Waals surface area (Å²) in [6.07, 6.45) is 1.51. The molecule has 7 nitrogen and oxygen atoms in total. The van der Waals surface area contributed by atoms with Gasteiger partial charge < -0.3 is 4.42 Å². The fourth-order valence-electron chi connectivity index (χ4n) is 2.46. The molecule has 0 bridgehead atoms. The summed E-state index contributed by atoms with van der Waals surface area (Å²) in [5.74, 6) is -0.291. The van der Waals surface area contributed by atoms with E-state index in [0.29, 0.717) is 16.6 Å². The van der Waals surface area contributed by atoms with Gasteiger partial charge in [0, 0.05) is 12.6 Å². The maximum atomic E-state index is 12.6. The molecule has 2 aromatic rings. The number of nitrogens with zero attached hydrogens (tertiary/aromatic N) is 3. The van der Waals surface area contributed by atoms with E-state index < -0.39 is 4.92 Å². The van der Waals surface area contributed by atoms with Crippen molar-refractivity contribution in [3.8, 4) is 0 Å². The number of likely N-dealkylation sites (N-methyl/N-ethyl adjacent to an activating group) is 1. The number of rotatable bonds is 4. The first kappa shape index (κ1) is 17.9. The van der Waals surface area contributed by atoms with Gasteiger partial charge in [-0.2, -0.15) is 0 Å². The average molecular weight is 371 g/mol. The van der Waals surface area contributed by atoms with Gasteiger partial charge in [-0.25, -0.2) is 4.99 Å². The lowest BCUT2D eigenvalue weighted by atomic mass is 10.1. The lowest BCUT2D eigenvalue weighted by Crippen LogP contribution is -2.28. The zero-order valence-electron chi connectivity index (χ0n) is 14.6. The topological polar surface area (TPSA) is 89.0 Å². The van der Waals surface area contributed by atoms with Crippen molar-refractivity contribution < 1.29 is 14.1 Å². The molecule has 134 valence electrons. The number of amidine groups is 1. The van der Waals surface area contributed by atoms with Crippen molar-refractivity contribution in [3.05, 3.63) is 62.2 Å². The molecule has 8 heteroatoms. The minimum absolute atomic E-state index is 0.194. The summed E-state index contributed by atoms with van der Waals surface area (Å²) in [4.78, 5) is 29.4. The molecule has 2 heterocycles. The predicted octanol–water partition coefficient (Wildman–Crippen LogP) is 4.43. The second-order valence-corrected chi connectivity index (χ2v) is 6.79. The standard InChI is InChI=1S/C18H17N3O4S/c1-4-20-17(22)15(10-13-7-8-16(25-13)21(23)24)26-18(20)19-14-9-11(2)5-6-12(14)3/h5-10H,4H2,1-3H3/b15-10+,19-18?. The van der Waals surface area contributed by atoms with Crippen LogP contribution in [0.15, 0.2) is 44.6 Å². The van der Waals surface area contributed by atoms with Crippen LogP contribution >= 0.6 is 11.8 Å². The van der Waals surface area contributed by atoms with Crippen LogP contribution in [0.2, 0.25) is 0 Å². The Hall–Kier alpha value is -2.87. The van der Waals surface area contributed by atoms with Crippen LogP contribution in [0.25, 0.3) is 6.08 Å². The molecule has 0 unspecified atom stereocenters. The van der Waals surface area contributed by atoms with Crippen molar-refractivity contribution in [2.75, 3.05) is 6.54 Å². The van der Waals surface area contributed by atoms with E-state index in [1.54, 1.807) is 4.90 Å². The van der Waals surface area contributed by atoms with Crippen molar-refractivity contribution >= 4 is 40.5 Å². The Morgan fingerprint density at radius 3 is 2.73 bits per heavy atom. The molecule has 1 saturated heterocycles. The molecule has 1 aromatic carbocycles. The normalized spacial score (nSPS) is 17.5. The molecule has 26 heavy (non-hydrogen) atoms. The lowest BCUT2D eigenvalue weighted by molar-refractivity contribution is -0.402. The van der Waals surface area contributed by atoms with Crippen LogP contribution in [-0.4, -0.2) is 27.4 Å². The van der Waals surface area contributed by atoms with Gasteiger partial charge in [-0.3, -0.25) is 19.8 Å². The molecule has 3 rings (SSSR count). The number of nitro groups is 1. The quantitative estimate of drug-likeness (QED) is 0.451. The van der Waals surface area contributed by atoms with E-state index in [-0.39, 0.29) is 17.6 Å². The van der Waals surface area contributed by atoms with E-state index in [9.17, 15) is 14.9 Å². The Kier molecular flexibility index (Phi) is 4.94. The fourth-order valence-corrected chi connectivity index (χ4v) is 3.50. The summed E-state index contributed by atoms with van der Waals surface area (Å²) in [6.45, 7) is 6.31. The van der Waals surface area contributed by atoms with E-state index >= 15 is 0 Å². The summed E-state index contributed by atoms with van der Waals surface area (Å²) < 4.78 is 5.11. The number of hydrogen-bond acceptors (Lipinski definition) is 6. The molecule has 1 aromatic heterocycles. The summed E-state index contributed by atoms with van der Waals surface area (Å²) >= 11 is 1.23. The molecular weight excluding hydrogens is 354 g/mol. The van der Waals surface area contributed by atoms with Gasteiger partial charge in [-0.1, -0.05) is 12.1 Å². The van der Waals surface area contributed by atoms with Crippen LogP contribution in [-0.2, 0) is 4.79 Å². The molecule has 1 amide bonds. The molecule has 1 aliphatic rings. The van der Waals surface area contributed by atoms with E-state index in [1.165, 1.54) is 30.0 Å². The van der Waals surface area contributed by atoms with Gasteiger partial charge in [0.05, 0.1) is 16.7 Å². The highest BCUT2D eigenvalue weighted by Crippen LogP contribution is 2.35. The number of aliphatic imine (C=N–C) groups is 1. The van der Waals surface area contributed by atoms with E-state index in [4.69, 9.17) is 4.42 Å². The Bertz CT molecular complexity index is 946. The van der Waals surface area contributed by atoms with Crippen LogP contribution in [0.4, 0.5) is 11.6 Å². The highest BCUT2D eigenvalue weighted by Gasteiger charge is 2.32. The van der Waals surface area contributed by atoms with Crippen molar-refractivity contribution in [3.63, 3.8) is 0 Å². The molecule has 0 N–H and O–H groups in total. The number of amides is 1. The summed E-state index contributed by atoms with van der Waals surface area (Å²) in [5, 5.41) is 11.3. The monoisotopic (exact) mass is 371 g/mol. The van der Waals surface area contributed by atoms with Gasteiger partial charge in [0.25, 0.3) is 5.91 Å². The van der Waals surface area contributed by atoms with Gasteiger partial charge in [0.15, 0.2) is 5.17 Å². The van der Waals surface area contributed by atoms with Crippen LogP contribution in [0.3, 0.4) is 0 Å². The van der Waals surface area contributed by atoms with Crippen LogP contribution < -0.4 is 0 Å². The molecule has 0 radical (unpaired) electrons. The van der Waals surface area contributed by atoms with Crippen LogP contribution in [0.5, 0.6) is 0 Å². The largest absolute Gasteiger partial charge is 0.433 e. The Morgan fingerprint density at radius 2 is 2.08 bits per heavy atom. The first-order chi connectivity index (χ1) is 12.4. The summed E-state index contributed by atoms with van der Waals surface area (Å²) in [6, 6.07) is 8.71. The minimum Gasteiger partial charge on any atom is -0.401 e. The van der Waals surface area contributed by atoms with Crippen molar-refractivity contribution in [2.24, 2.45) is 4.99 Å². The third-order valence-electron chi connectivity index (χ3n) is 3.85. The zero-order chi connectivity index (χ0) is 18.8. The maximum absolute atomic E-state index is 12.6. The number of carbonyl (C=O) groups excluding carboxylic acids is 1. The first-order valence-electron chi connectivity index (χ1n) is 8.00. The van der Waals surface area contributed by atoms with Gasteiger partial charge in [0.2, 0.25) is 0 Å². The fraction of sp³-hybridized carbons (Fsp3) is 0.222. The van der Waals surface area contributed by atoms with E-state index in [2.05, 4.69) is 4.99 Å². The van der Waals surface area contributed by atoms with Gasteiger partial charge in [0.1, 0.15) is 10.7 Å². The maximum Gasteiger partial charge on any atom is 0.433 e. The lowest BCUT2D eigenvalue weighted by Gasteiger charge is -2.12. The third kappa shape index (κ3) is 3.55.